The van der Waals surface area contributed by atoms with Gasteiger partial charge in [-0.3, -0.25) is 9.69 Å². The number of esters is 1. The van der Waals surface area contributed by atoms with Gasteiger partial charge in [-0.1, -0.05) is 25.5 Å². The van der Waals surface area contributed by atoms with E-state index >= 15 is 0 Å². The van der Waals surface area contributed by atoms with Gasteiger partial charge in [-0.15, -0.1) is 0 Å². The Morgan fingerprint density at radius 2 is 1.86 bits per heavy atom. The smallest absolute Gasteiger partial charge is 0.338 e. The molecule has 0 bridgehead atoms. The molecule has 0 heterocycles. The number of nitrogens with one attached hydrogen (secondary N) is 1. The van der Waals surface area contributed by atoms with E-state index in [-0.39, 0.29) is 23.6 Å². The van der Waals surface area contributed by atoms with Crippen molar-refractivity contribution in [3.8, 4) is 5.75 Å². The molecule has 7 heteroatoms. The molecule has 6 nitrogen and oxygen atoms in total. The number of aryl methyl sites for hydroxylation is 1. The first-order valence-corrected chi connectivity index (χ1v) is 9.85. The van der Waals surface area contributed by atoms with E-state index in [0.29, 0.717) is 23.6 Å². The van der Waals surface area contributed by atoms with Gasteiger partial charge in [-0.25, -0.2) is 4.79 Å². The van der Waals surface area contributed by atoms with Crippen LogP contribution in [0.2, 0.25) is 0 Å². The van der Waals surface area contributed by atoms with Crippen LogP contribution < -0.4 is 10.1 Å². The van der Waals surface area contributed by atoms with E-state index in [1.54, 1.807) is 37.4 Å². The van der Waals surface area contributed by atoms with Gasteiger partial charge in [0.15, 0.2) is 11.7 Å². The van der Waals surface area contributed by atoms with E-state index in [0.717, 1.165) is 18.4 Å². The fourth-order valence-corrected chi connectivity index (χ4v) is 2.57. The fraction of sp³-hybridized carbons (Fsp3) is 0.318. The number of rotatable bonds is 8. The number of carbonyl (C=O) groups is 2. The summed E-state index contributed by atoms with van der Waals surface area (Å²) in [6, 6.07) is 14.2. The number of nitrogens with zero attached hydrogens (tertiary/aromatic N) is 1. The largest absolute Gasteiger partial charge is 0.484 e. The summed E-state index contributed by atoms with van der Waals surface area (Å²) in [6.45, 7) is 4.28. The van der Waals surface area contributed by atoms with E-state index in [9.17, 15) is 9.59 Å². The van der Waals surface area contributed by atoms with Gasteiger partial charge in [-0.05, 0) is 67.5 Å². The van der Waals surface area contributed by atoms with Gasteiger partial charge >= 0.3 is 5.97 Å². The molecule has 1 amide bonds. The molecule has 2 rings (SSSR count). The Hall–Kier alpha value is -2.93. The molecule has 0 radical (unpaired) electrons. The number of thiocarbonyl (C=S) groups is 1. The maximum absolute atomic E-state index is 12.3. The van der Waals surface area contributed by atoms with Crippen molar-refractivity contribution in [1.29, 1.82) is 0 Å². The van der Waals surface area contributed by atoms with Crippen LogP contribution in [0, 0.1) is 6.92 Å². The second kappa shape index (κ2) is 11.2. The molecule has 0 aliphatic rings. The highest BCUT2D eigenvalue weighted by Gasteiger charge is 2.15. The molecule has 0 aliphatic carbocycles. The number of benzene rings is 2. The third-order valence-electron chi connectivity index (χ3n) is 4.13. The average Bonchev–Trinajstić information content (AvgIpc) is 2.72. The van der Waals surface area contributed by atoms with Gasteiger partial charge in [0.1, 0.15) is 5.75 Å². The van der Waals surface area contributed by atoms with E-state index < -0.39 is 0 Å². The van der Waals surface area contributed by atoms with Crippen LogP contribution in [0.5, 0.6) is 5.75 Å². The molecule has 2 aromatic rings. The van der Waals surface area contributed by atoms with Crippen molar-refractivity contribution in [3.05, 3.63) is 59.7 Å². The molecule has 29 heavy (non-hydrogen) atoms. The van der Waals surface area contributed by atoms with Crippen molar-refractivity contribution in [2.24, 2.45) is 0 Å². The predicted octanol–water partition coefficient (Wildman–Crippen LogP) is 4.19. The SMILES string of the molecule is CCCCOC(=O)c1ccc(NC(=S)N(C)C(=O)COc2cccc(C)c2)cc1. The van der Waals surface area contributed by atoms with Crippen LogP contribution >= 0.6 is 12.2 Å². The summed E-state index contributed by atoms with van der Waals surface area (Å²) in [5, 5.41) is 3.21. The van der Waals surface area contributed by atoms with Crippen LogP contribution in [0.4, 0.5) is 5.69 Å². The summed E-state index contributed by atoms with van der Waals surface area (Å²) in [6.07, 6.45) is 1.81. The van der Waals surface area contributed by atoms with Crippen LogP contribution in [0.1, 0.15) is 35.7 Å². The molecule has 1 N–H and O–H groups in total. The van der Waals surface area contributed by atoms with Crippen molar-refractivity contribution in [3.63, 3.8) is 0 Å². The zero-order chi connectivity index (χ0) is 21.2. The monoisotopic (exact) mass is 414 g/mol. The van der Waals surface area contributed by atoms with Crippen molar-refractivity contribution < 1.29 is 19.1 Å². The summed E-state index contributed by atoms with van der Waals surface area (Å²) in [7, 11) is 1.58. The average molecular weight is 415 g/mol. The van der Waals surface area contributed by atoms with Gasteiger partial charge in [-0.2, -0.15) is 0 Å². The quantitative estimate of drug-likeness (QED) is 0.397. The summed E-state index contributed by atoms with van der Waals surface area (Å²) < 4.78 is 10.7. The highest BCUT2D eigenvalue weighted by molar-refractivity contribution is 7.80. The lowest BCUT2D eigenvalue weighted by atomic mass is 10.2. The maximum Gasteiger partial charge on any atom is 0.338 e. The number of unbranched alkanes of at least 4 members (excludes halogenated alkanes) is 1. The van der Waals surface area contributed by atoms with Crippen LogP contribution in [-0.2, 0) is 9.53 Å². The molecule has 0 fully saturated rings. The number of likely N-dealkylation sites (N-methyl/N-ethyl adjacent to an activating group) is 1. The molecule has 0 unspecified atom stereocenters. The van der Waals surface area contributed by atoms with Gasteiger partial charge in [0, 0.05) is 12.7 Å². The lowest BCUT2D eigenvalue weighted by Gasteiger charge is -2.19. The number of anilines is 1. The van der Waals surface area contributed by atoms with Crippen molar-refractivity contribution in [2.75, 3.05) is 25.6 Å². The van der Waals surface area contributed by atoms with Crippen molar-refractivity contribution in [2.45, 2.75) is 26.7 Å². The number of ether oxygens (including phenoxy) is 2. The van der Waals surface area contributed by atoms with Crippen LogP contribution in [0.15, 0.2) is 48.5 Å². The Labute approximate surface area is 176 Å². The first-order valence-electron chi connectivity index (χ1n) is 9.45. The maximum atomic E-state index is 12.3. The lowest BCUT2D eigenvalue weighted by molar-refractivity contribution is -0.128. The van der Waals surface area contributed by atoms with Gasteiger partial charge in [0.05, 0.1) is 12.2 Å². The summed E-state index contributed by atoms with van der Waals surface area (Å²) in [5.41, 5.74) is 2.19. The first-order chi connectivity index (χ1) is 13.9. The summed E-state index contributed by atoms with van der Waals surface area (Å²) in [4.78, 5) is 25.6. The van der Waals surface area contributed by atoms with E-state index in [4.69, 9.17) is 21.7 Å². The van der Waals surface area contributed by atoms with Gasteiger partial charge < -0.3 is 14.8 Å². The zero-order valence-electron chi connectivity index (χ0n) is 16.9. The van der Waals surface area contributed by atoms with Gasteiger partial charge in [0.25, 0.3) is 5.91 Å². The van der Waals surface area contributed by atoms with Crippen molar-refractivity contribution in [1.82, 2.24) is 4.90 Å². The molecule has 0 spiro atoms. The molecule has 0 atom stereocenters. The minimum Gasteiger partial charge on any atom is -0.484 e. The number of carbonyl (C=O) groups excluding carboxylic acids is 2. The minimum atomic E-state index is -0.354. The van der Waals surface area contributed by atoms with Crippen LogP contribution in [0.25, 0.3) is 0 Å². The van der Waals surface area contributed by atoms with Crippen LogP contribution in [0.3, 0.4) is 0 Å². The molecule has 0 saturated carbocycles. The predicted molar refractivity (Wildman–Crippen MR) is 117 cm³/mol. The molecule has 2 aromatic carbocycles. The molecule has 0 aromatic heterocycles. The third-order valence-corrected chi connectivity index (χ3v) is 4.51. The summed E-state index contributed by atoms with van der Waals surface area (Å²) >= 11 is 5.29. The van der Waals surface area contributed by atoms with E-state index in [2.05, 4.69) is 5.32 Å². The number of hydrogen-bond acceptors (Lipinski definition) is 5. The topological polar surface area (TPSA) is 67.9 Å². The lowest BCUT2D eigenvalue weighted by Crippen LogP contribution is -2.39. The molecule has 0 aliphatic heterocycles. The molecule has 0 saturated heterocycles. The normalized spacial score (nSPS) is 10.2. The van der Waals surface area contributed by atoms with Crippen molar-refractivity contribution >= 4 is 34.9 Å². The Balaban J connectivity index is 1.85. The Morgan fingerprint density at radius 1 is 1.14 bits per heavy atom. The Morgan fingerprint density at radius 3 is 2.52 bits per heavy atom. The number of hydrogen-bond donors (Lipinski definition) is 1. The Kier molecular flexibility index (Phi) is 8.61. The third kappa shape index (κ3) is 7.19. The summed E-state index contributed by atoms with van der Waals surface area (Å²) in [5.74, 6) is 0.000312. The molecular weight excluding hydrogens is 388 g/mol. The van der Waals surface area contributed by atoms with Crippen LogP contribution in [-0.4, -0.2) is 42.2 Å². The highest BCUT2D eigenvalue weighted by Crippen LogP contribution is 2.14. The first kappa shape index (κ1) is 22.4. The zero-order valence-corrected chi connectivity index (χ0v) is 17.8. The highest BCUT2D eigenvalue weighted by atomic mass is 32.1. The second-order valence-corrected chi connectivity index (χ2v) is 6.94. The van der Waals surface area contributed by atoms with E-state index in [1.165, 1.54) is 4.90 Å². The Bertz CT molecular complexity index is 852. The standard InChI is InChI=1S/C22H26N2O4S/c1-4-5-13-27-21(26)17-9-11-18(12-10-17)23-22(29)24(3)20(25)15-28-19-8-6-7-16(2)14-19/h6-12,14H,4-5,13,15H2,1-3H3,(H,23,29). The van der Waals surface area contributed by atoms with Gasteiger partial charge in [0.2, 0.25) is 0 Å². The fourth-order valence-electron chi connectivity index (χ4n) is 2.35. The van der Waals surface area contributed by atoms with E-state index in [1.807, 2.05) is 32.0 Å². The minimum absolute atomic E-state index is 0.121. The molecular formula is C22H26N2O4S. The number of amides is 1. The molecule has 154 valence electrons. The second-order valence-electron chi connectivity index (χ2n) is 6.55.